The molecular weight excluding hydrogens is 226 g/mol. The molecule has 1 amide bonds. The molecule has 1 aromatic rings. The predicted octanol–water partition coefficient (Wildman–Crippen LogP) is 0.261. The molecule has 0 saturated carbocycles. The average Bonchev–Trinajstić information content (AvgIpc) is 2.66. The third-order valence-electron chi connectivity index (χ3n) is 1.79. The van der Waals surface area contributed by atoms with Crippen LogP contribution in [0.4, 0.5) is 5.13 Å². The van der Waals surface area contributed by atoms with Crippen molar-refractivity contribution in [2.24, 2.45) is 0 Å². The number of aromatic nitrogens is 2. The minimum absolute atomic E-state index is 0.163. The Kier molecular flexibility index (Phi) is 5.13. The van der Waals surface area contributed by atoms with E-state index in [1.165, 1.54) is 11.3 Å². The highest BCUT2D eigenvalue weighted by Gasteiger charge is 2.11. The molecule has 0 aliphatic rings. The van der Waals surface area contributed by atoms with Gasteiger partial charge >= 0.3 is 0 Å². The van der Waals surface area contributed by atoms with Crippen LogP contribution < -0.4 is 10.6 Å². The van der Waals surface area contributed by atoms with E-state index in [1.807, 2.05) is 25.9 Å². The van der Waals surface area contributed by atoms with Crippen molar-refractivity contribution < 1.29 is 4.79 Å². The molecule has 0 aromatic carbocycles. The fourth-order valence-corrected chi connectivity index (χ4v) is 1.73. The number of hydrogen-bond acceptors (Lipinski definition) is 6. The van der Waals surface area contributed by atoms with Crippen LogP contribution in [-0.2, 0) is 0 Å². The normalized spacial score (nSPS) is 10.5. The van der Waals surface area contributed by atoms with Gasteiger partial charge in [0.1, 0.15) is 0 Å². The minimum atomic E-state index is -0.163. The fraction of sp³-hybridized carbons (Fsp3) is 0.667. The number of rotatable bonds is 6. The van der Waals surface area contributed by atoms with Gasteiger partial charge in [0.15, 0.2) is 0 Å². The topological polar surface area (TPSA) is 70.1 Å². The lowest BCUT2D eigenvalue weighted by atomic mass is 10.5. The molecule has 16 heavy (non-hydrogen) atoms. The zero-order chi connectivity index (χ0) is 12.0. The Labute approximate surface area is 99.1 Å². The first kappa shape index (κ1) is 12.9. The Bertz CT molecular complexity index is 338. The summed E-state index contributed by atoms with van der Waals surface area (Å²) >= 11 is 1.27. The molecule has 0 atom stereocenters. The van der Waals surface area contributed by atoms with Crippen molar-refractivity contribution in [2.75, 3.05) is 39.0 Å². The molecule has 0 aliphatic carbocycles. The van der Waals surface area contributed by atoms with E-state index in [1.54, 1.807) is 0 Å². The minimum Gasteiger partial charge on any atom is -0.360 e. The van der Waals surface area contributed by atoms with Crippen molar-refractivity contribution >= 4 is 22.4 Å². The van der Waals surface area contributed by atoms with Gasteiger partial charge in [0.2, 0.25) is 10.1 Å². The first-order chi connectivity index (χ1) is 7.63. The highest BCUT2D eigenvalue weighted by Crippen LogP contribution is 2.14. The molecule has 1 heterocycles. The molecule has 0 unspecified atom stereocenters. The number of anilines is 1. The molecule has 1 aromatic heterocycles. The summed E-state index contributed by atoms with van der Waals surface area (Å²) in [5.74, 6) is -0.163. The third kappa shape index (κ3) is 4.11. The lowest BCUT2D eigenvalue weighted by Gasteiger charge is -2.08. The van der Waals surface area contributed by atoms with E-state index >= 15 is 0 Å². The Morgan fingerprint density at radius 2 is 2.19 bits per heavy atom. The van der Waals surface area contributed by atoms with Crippen molar-refractivity contribution in [3.8, 4) is 0 Å². The quantitative estimate of drug-likeness (QED) is 0.750. The largest absolute Gasteiger partial charge is 0.360 e. The molecule has 0 saturated heterocycles. The van der Waals surface area contributed by atoms with Crippen LogP contribution in [0.15, 0.2) is 0 Å². The summed E-state index contributed by atoms with van der Waals surface area (Å²) in [6.07, 6.45) is 0. The second kappa shape index (κ2) is 6.39. The smallest absolute Gasteiger partial charge is 0.282 e. The summed E-state index contributed by atoms with van der Waals surface area (Å²) in [7, 11) is 3.92. The molecule has 0 bridgehead atoms. The van der Waals surface area contributed by atoms with E-state index in [9.17, 15) is 4.79 Å². The summed E-state index contributed by atoms with van der Waals surface area (Å²) in [6, 6.07) is 0. The monoisotopic (exact) mass is 243 g/mol. The van der Waals surface area contributed by atoms with Crippen LogP contribution in [0.2, 0.25) is 0 Å². The number of carbonyl (C=O) groups excluding carboxylic acids is 1. The Morgan fingerprint density at radius 1 is 1.44 bits per heavy atom. The van der Waals surface area contributed by atoms with E-state index in [2.05, 4.69) is 20.8 Å². The standard InChI is InChI=1S/C9H17N5OS/c1-4-10-9-13-12-8(16-9)7(15)11-5-6-14(2)3/h4-6H2,1-3H3,(H,10,13)(H,11,15). The van der Waals surface area contributed by atoms with Crippen molar-refractivity contribution in [3.05, 3.63) is 5.01 Å². The second-order valence-corrected chi connectivity index (χ2v) is 4.48. The van der Waals surface area contributed by atoms with E-state index < -0.39 is 0 Å². The van der Waals surface area contributed by atoms with Crippen LogP contribution in [0.3, 0.4) is 0 Å². The number of amides is 1. The SMILES string of the molecule is CCNc1nnc(C(=O)NCCN(C)C)s1. The predicted molar refractivity (Wildman–Crippen MR) is 65.0 cm³/mol. The molecular formula is C9H17N5OS. The lowest BCUT2D eigenvalue weighted by Crippen LogP contribution is -2.31. The molecule has 1 rings (SSSR count). The van der Waals surface area contributed by atoms with Gasteiger partial charge in [0.25, 0.3) is 5.91 Å². The Morgan fingerprint density at radius 3 is 2.81 bits per heavy atom. The highest BCUT2D eigenvalue weighted by atomic mass is 32.1. The number of carbonyl (C=O) groups is 1. The van der Waals surface area contributed by atoms with Gasteiger partial charge in [0.05, 0.1) is 0 Å². The van der Waals surface area contributed by atoms with Gasteiger partial charge in [0, 0.05) is 19.6 Å². The number of nitrogens with zero attached hydrogens (tertiary/aromatic N) is 3. The number of likely N-dealkylation sites (N-methyl/N-ethyl adjacent to an activating group) is 1. The first-order valence-corrected chi connectivity index (χ1v) is 5.95. The van der Waals surface area contributed by atoms with Crippen LogP contribution in [0.1, 0.15) is 16.7 Å². The molecule has 7 heteroatoms. The van der Waals surface area contributed by atoms with Gasteiger partial charge in [-0.3, -0.25) is 4.79 Å². The van der Waals surface area contributed by atoms with Crippen LogP contribution >= 0.6 is 11.3 Å². The zero-order valence-corrected chi connectivity index (χ0v) is 10.6. The molecule has 0 fully saturated rings. The maximum absolute atomic E-state index is 11.6. The maximum Gasteiger partial charge on any atom is 0.282 e. The van der Waals surface area contributed by atoms with Crippen molar-refractivity contribution in [1.29, 1.82) is 0 Å². The van der Waals surface area contributed by atoms with Gasteiger partial charge in [-0.2, -0.15) is 0 Å². The first-order valence-electron chi connectivity index (χ1n) is 5.13. The molecule has 0 aliphatic heterocycles. The zero-order valence-electron chi connectivity index (χ0n) is 9.78. The Balaban J connectivity index is 2.40. The van der Waals surface area contributed by atoms with Crippen molar-refractivity contribution in [3.63, 3.8) is 0 Å². The van der Waals surface area contributed by atoms with Crippen molar-refractivity contribution in [2.45, 2.75) is 6.92 Å². The van der Waals surface area contributed by atoms with Crippen LogP contribution in [-0.4, -0.2) is 54.7 Å². The van der Waals surface area contributed by atoms with Crippen molar-refractivity contribution in [1.82, 2.24) is 20.4 Å². The number of nitrogens with one attached hydrogen (secondary N) is 2. The summed E-state index contributed by atoms with van der Waals surface area (Å²) in [5, 5.41) is 14.5. The molecule has 2 N–H and O–H groups in total. The maximum atomic E-state index is 11.6. The molecule has 0 radical (unpaired) electrons. The molecule has 6 nitrogen and oxygen atoms in total. The summed E-state index contributed by atoms with van der Waals surface area (Å²) < 4.78 is 0. The van der Waals surface area contributed by atoms with E-state index in [0.717, 1.165) is 13.1 Å². The summed E-state index contributed by atoms with van der Waals surface area (Å²) in [4.78, 5) is 13.6. The second-order valence-electron chi connectivity index (χ2n) is 3.50. The van der Waals surface area contributed by atoms with E-state index in [-0.39, 0.29) is 5.91 Å². The van der Waals surface area contributed by atoms with Gasteiger partial charge < -0.3 is 15.5 Å². The summed E-state index contributed by atoms with van der Waals surface area (Å²) in [6.45, 7) is 4.17. The highest BCUT2D eigenvalue weighted by molar-refractivity contribution is 7.17. The molecule has 0 spiro atoms. The fourth-order valence-electron chi connectivity index (χ4n) is 1.01. The van der Waals surface area contributed by atoms with Gasteiger partial charge in [-0.05, 0) is 21.0 Å². The van der Waals surface area contributed by atoms with Crippen LogP contribution in [0.25, 0.3) is 0 Å². The average molecular weight is 243 g/mol. The van der Waals surface area contributed by atoms with Crippen LogP contribution in [0.5, 0.6) is 0 Å². The van der Waals surface area contributed by atoms with Gasteiger partial charge in [-0.1, -0.05) is 11.3 Å². The van der Waals surface area contributed by atoms with Gasteiger partial charge in [-0.15, -0.1) is 10.2 Å². The molecule has 90 valence electrons. The van der Waals surface area contributed by atoms with E-state index in [4.69, 9.17) is 0 Å². The van der Waals surface area contributed by atoms with E-state index in [0.29, 0.717) is 16.7 Å². The lowest BCUT2D eigenvalue weighted by molar-refractivity contribution is 0.0950. The Hall–Kier alpha value is -1.21. The summed E-state index contributed by atoms with van der Waals surface area (Å²) in [5.41, 5.74) is 0. The van der Waals surface area contributed by atoms with Crippen LogP contribution in [0, 0.1) is 0 Å². The van der Waals surface area contributed by atoms with Gasteiger partial charge in [-0.25, -0.2) is 0 Å². The number of hydrogen-bond donors (Lipinski definition) is 2. The third-order valence-corrected chi connectivity index (χ3v) is 2.67.